The van der Waals surface area contributed by atoms with E-state index in [1.165, 1.54) is 18.2 Å². The lowest BCUT2D eigenvalue weighted by molar-refractivity contribution is -0.0592. The van der Waals surface area contributed by atoms with Crippen LogP contribution >= 0.6 is 23.2 Å². The van der Waals surface area contributed by atoms with Crippen molar-refractivity contribution >= 4 is 40.2 Å². The lowest BCUT2D eigenvalue weighted by atomic mass is 10.1. The van der Waals surface area contributed by atoms with Gasteiger partial charge in [0.2, 0.25) is 5.88 Å². The number of carboxylic acid groups (broad SMARTS) is 1. The maximum absolute atomic E-state index is 14.4. The number of hydrogen-bond donors (Lipinski definition) is 1. The standard InChI is InChI=1S/C28H24Cl2F2N4O4/c29-17-2-1-16(21(31)8-17)14-40-27-20(30)7-15-3-5-35(12-24(15)34-27)13-26-33-23-10-22(32)19(28(37)38)9-25(23)36(26)11-18-4-6-39-18/h1-2,7-10,18H,3-6,11-14H2,(H,37,38)/t18-/m0/s1. The largest absolute Gasteiger partial charge is 0.478 e. The summed E-state index contributed by atoms with van der Waals surface area (Å²) in [6, 6.07) is 8.70. The lowest BCUT2D eigenvalue weighted by Gasteiger charge is -2.30. The third-order valence-corrected chi connectivity index (χ3v) is 7.76. The van der Waals surface area contributed by atoms with Crippen LogP contribution in [0.15, 0.2) is 36.4 Å². The minimum absolute atomic E-state index is 0.00875. The number of nitrogens with zero attached hydrogens (tertiary/aromatic N) is 4. The van der Waals surface area contributed by atoms with E-state index in [1.54, 1.807) is 12.1 Å². The van der Waals surface area contributed by atoms with E-state index < -0.39 is 23.2 Å². The summed E-state index contributed by atoms with van der Waals surface area (Å²) in [6.45, 7) is 2.73. The van der Waals surface area contributed by atoms with Gasteiger partial charge in [0.1, 0.15) is 29.1 Å². The molecule has 0 saturated carbocycles. The first kappa shape index (κ1) is 26.9. The summed E-state index contributed by atoms with van der Waals surface area (Å²) in [5, 5.41) is 10.1. The fourth-order valence-electron chi connectivity index (χ4n) is 5.01. The molecule has 0 radical (unpaired) electrons. The number of benzene rings is 2. The number of rotatable bonds is 8. The van der Waals surface area contributed by atoms with Crippen LogP contribution in [0.3, 0.4) is 0 Å². The molecule has 208 valence electrons. The second kappa shape index (κ2) is 10.9. The summed E-state index contributed by atoms with van der Waals surface area (Å²) in [6.07, 6.45) is 1.57. The zero-order valence-corrected chi connectivity index (χ0v) is 22.7. The van der Waals surface area contributed by atoms with Gasteiger partial charge in [-0.2, -0.15) is 0 Å². The molecule has 4 heterocycles. The Labute approximate surface area is 238 Å². The topological polar surface area (TPSA) is 89.7 Å². The minimum atomic E-state index is -1.33. The lowest BCUT2D eigenvalue weighted by Crippen LogP contribution is -2.34. The Bertz CT molecular complexity index is 1630. The molecule has 4 aromatic rings. The van der Waals surface area contributed by atoms with Crippen molar-refractivity contribution in [3.63, 3.8) is 0 Å². The molecular formula is C28H24Cl2F2N4O4. The normalized spacial score (nSPS) is 17.1. The maximum Gasteiger partial charge on any atom is 0.338 e. The fraction of sp³-hybridized carbons (Fsp3) is 0.321. The molecule has 2 aliphatic heterocycles. The van der Waals surface area contributed by atoms with Gasteiger partial charge in [-0.15, -0.1) is 0 Å². The molecule has 2 aliphatic rings. The van der Waals surface area contributed by atoms with Crippen LogP contribution < -0.4 is 4.74 Å². The van der Waals surface area contributed by atoms with Crippen LogP contribution in [0.1, 0.15) is 39.4 Å². The number of halogens is 4. The molecule has 12 heteroatoms. The molecule has 0 bridgehead atoms. The minimum Gasteiger partial charge on any atom is -0.478 e. The van der Waals surface area contributed by atoms with E-state index in [2.05, 4.69) is 14.9 Å². The van der Waals surface area contributed by atoms with Crippen molar-refractivity contribution in [3.05, 3.63) is 86.3 Å². The highest BCUT2D eigenvalue weighted by molar-refractivity contribution is 6.32. The summed E-state index contributed by atoms with van der Waals surface area (Å²) < 4.78 is 41.9. The predicted octanol–water partition coefficient (Wildman–Crippen LogP) is 5.64. The molecule has 1 N–H and O–H groups in total. The number of imidazole rings is 1. The van der Waals surface area contributed by atoms with Crippen molar-refractivity contribution in [1.82, 2.24) is 19.4 Å². The molecule has 40 heavy (non-hydrogen) atoms. The van der Waals surface area contributed by atoms with Crippen LogP contribution in [0.5, 0.6) is 5.88 Å². The van der Waals surface area contributed by atoms with Crippen LogP contribution in [-0.2, 0) is 37.4 Å². The highest BCUT2D eigenvalue weighted by atomic mass is 35.5. The van der Waals surface area contributed by atoms with Crippen molar-refractivity contribution in [2.45, 2.75) is 45.2 Å². The van der Waals surface area contributed by atoms with Gasteiger partial charge in [-0.1, -0.05) is 29.3 Å². The molecule has 1 atom stereocenters. The molecular weight excluding hydrogens is 565 g/mol. The molecule has 8 nitrogen and oxygen atoms in total. The van der Waals surface area contributed by atoms with Gasteiger partial charge in [-0.05, 0) is 42.7 Å². The zero-order valence-electron chi connectivity index (χ0n) is 21.2. The highest BCUT2D eigenvalue weighted by Crippen LogP contribution is 2.31. The van der Waals surface area contributed by atoms with Gasteiger partial charge in [0.05, 0.1) is 41.5 Å². The summed E-state index contributed by atoms with van der Waals surface area (Å²) in [7, 11) is 0. The number of pyridine rings is 1. The first-order chi connectivity index (χ1) is 19.2. The van der Waals surface area contributed by atoms with Gasteiger partial charge in [0, 0.05) is 36.3 Å². The van der Waals surface area contributed by atoms with Gasteiger partial charge in [0.25, 0.3) is 0 Å². The first-order valence-electron chi connectivity index (χ1n) is 12.8. The van der Waals surface area contributed by atoms with Gasteiger partial charge in [-0.3, -0.25) is 4.90 Å². The molecule has 0 aliphatic carbocycles. The maximum atomic E-state index is 14.4. The van der Waals surface area contributed by atoms with Crippen LogP contribution in [0.2, 0.25) is 10.0 Å². The van der Waals surface area contributed by atoms with Crippen LogP contribution in [0.4, 0.5) is 8.78 Å². The van der Waals surface area contributed by atoms with Crippen LogP contribution in [0, 0.1) is 11.6 Å². The average Bonchev–Trinajstić information content (AvgIpc) is 3.20. The first-order valence-corrected chi connectivity index (χ1v) is 13.5. The monoisotopic (exact) mass is 588 g/mol. The third kappa shape index (κ3) is 5.36. The smallest absolute Gasteiger partial charge is 0.338 e. The Morgan fingerprint density at radius 1 is 1.15 bits per heavy atom. The van der Waals surface area contributed by atoms with E-state index in [0.29, 0.717) is 71.7 Å². The Balaban J connectivity index is 1.24. The van der Waals surface area contributed by atoms with Crippen molar-refractivity contribution in [2.24, 2.45) is 0 Å². The molecule has 2 aromatic carbocycles. The number of carbonyl (C=O) groups is 1. The Kier molecular flexibility index (Phi) is 7.35. The van der Waals surface area contributed by atoms with Crippen LogP contribution in [0.25, 0.3) is 11.0 Å². The van der Waals surface area contributed by atoms with E-state index in [4.69, 9.17) is 32.7 Å². The molecule has 2 aromatic heterocycles. The predicted molar refractivity (Wildman–Crippen MR) is 144 cm³/mol. The molecule has 0 spiro atoms. The van der Waals surface area contributed by atoms with Gasteiger partial charge >= 0.3 is 5.97 Å². The van der Waals surface area contributed by atoms with E-state index >= 15 is 0 Å². The van der Waals surface area contributed by atoms with E-state index in [9.17, 15) is 18.7 Å². The number of fused-ring (bicyclic) bond motifs is 2. The van der Waals surface area contributed by atoms with E-state index in [-0.39, 0.29) is 18.6 Å². The molecule has 0 unspecified atom stereocenters. The molecule has 0 amide bonds. The summed E-state index contributed by atoms with van der Waals surface area (Å²) in [5.74, 6) is -1.74. The van der Waals surface area contributed by atoms with E-state index in [1.807, 2.05) is 10.6 Å². The van der Waals surface area contributed by atoms with Crippen molar-refractivity contribution < 1.29 is 28.2 Å². The number of hydrogen-bond acceptors (Lipinski definition) is 6. The second-order valence-corrected chi connectivity index (χ2v) is 10.8. The van der Waals surface area contributed by atoms with Crippen molar-refractivity contribution in [1.29, 1.82) is 0 Å². The molecule has 6 rings (SSSR count). The number of carboxylic acids is 1. The van der Waals surface area contributed by atoms with Crippen LogP contribution in [-0.4, -0.2) is 49.8 Å². The Morgan fingerprint density at radius 3 is 2.70 bits per heavy atom. The number of ether oxygens (including phenoxy) is 2. The Morgan fingerprint density at radius 2 is 1.98 bits per heavy atom. The van der Waals surface area contributed by atoms with Crippen molar-refractivity contribution in [3.8, 4) is 5.88 Å². The van der Waals surface area contributed by atoms with Gasteiger partial charge in [0.15, 0.2) is 0 Å². The molecule has 1 fully saturated rings. The Hall–Kier alpha value is -3.31. The van der Waals surface area contributed by atoms with Crippen molar-refractivity contribution in [2.75, 3.05) is 13.2 Å². The molecule has 1 saturated heterocycles. The fourth-order valence-corrected chi connectivity index (χ4v) is 5.39. The summed E-state index contributed by atoms with van der Waals surface area (Å²) in [5.41, 5.74) is 2.66. The van der Waals surface area contributed by atoms with Gasteiger partial charge in [-0.25, -0.2) is 23.5 Å². The second-order valence-electron chi connectivity index (χ2n) is 9.91. The highest BCUT2D eigenvalue weighted by Gasteiger charge is 2.26. The summed E-state index contributed by atoms with van der Waals surface area (Å²) in [4.78, 5) is 23.0. The zero-order chi connectivity index (χ0) is 28.0. The summed E-state index contributed by atoms with van der Waals surface area (Å²) >= 11 is 12.3. The number of aromatic nitrogens is 3. The van der Waals surface area contributed by atoms with E-state index in [0.717, 1.165) is 17.7 Å². The number of aromatic carboxylic acids is 1. The third-order valence-electron chi connectivity index (χ3n) is 7.25. The SMILES string of the molecule is O=C(O)c1cc2c(cc1F)nc(CN1CCc3cc(Cl)c(OCc4ccc(Cl)cc4F)nc3C1)n2C[C@@H]1CCO1. The van der Waals surface area contributed by atoms with Gasteiger partial charge < -0.3 is 19.1 Å². The average molecular weight is 589 g/mol. The quantitative estimate of drug-likeness (QED) is 0.285.